The van der Waals surface area contributed by atoms with Gasteiger partial charge in [0, 0.05) is 33.2 Å². The molecule has 3 heteroatoms. The molecule has 3 aliphatic carbocycles. The zero-order chi connectivity index (χ0) is 18.7. The van der Waals surface area contributed by atoms with Crippen molar-refractivity contribution in [1.29, 1.82) is 0 Å². The minimum Gasteiger partial charge on any atom is -0.384 e. The predicted molar refractivity (Wildman–Crippen MR) is 105 cm³/mol. The zero-order valence-electron chi connectivity index (χ0n) is 17.6. The van der Waals surface area contributed by atoms with Crippen LogP contribution in [0.3, 0.4) is 0 Å². The summed E-state index contributed by atoms with van der Waals surface area (Å²) in [7, 11) is 3.92. The normalized spacial score (nSPS) is 49.3. The Morgan fingerprint density at radius 2 is 1.81 bits per heavy atom. The summed E-state index contributed by atoms with van der Waals surface area (Å²) < 4.78 is 5.52. The fraction of sp³-hybridized carbons (Fsp3) is 0.957. The highest BCUT2D eigenvalue weighted by Gasteiger charge is 2.61. The van der Waals surface area contributed by atoms with Gasteiger partial charge in [-0.3, -0.25) is 4.79 Å². The Morgan fingerprint density at radius 3 is 2.54 bits per heavy atom. The molecule has 1 amide bonds. The van der Waals surface area contributed by atoms with Crippen LogP contribution in [0.25, 0.3) is 0 Å². The molecule has 4 fully saturated rings. The molecule has 3 nitrogen and oxygen atoms in total. The Hall–Kier alpha value is -0.570. The summed E-state index contributed by atoms with van der Waals surface area (Å²) in [5, 5.41) is 0. The average Bonchev–Trinajstić information content (AvgIpc) is 2.96. The van der Waals surface area contributed by atoms with E-state index in [1.165, 1.54) is 38.5 Å². The lowest BCUT2D eigenvalue weighted by Gasteiger charge is -2.62. The molecule has 0 aromatic heterocycles. The summed E-state index contributed by atoms with van der Waals surface area (Å²) in [6.45, 7) is 8.46. The maximum atomic E-state index is 12.3. The Labute approximate surface area is 160 Å². The molecule has 1 unspecified atom stereocenters. The summed E-state index contributed by atoms with van der Waals surface area (Å²) >= 11 is 0. The van der Waals surface area contributed by atoms with Crippen LogP contribution in [0.5, 0.6) is 0 Å². The van der Waals surface area contributed by atoms with Gasteiger partial charge in [-0.2, -0.15) is 0 Å². The number of carbonyl (C=O) groups is 1. The molecule has 0 aromatic carbocycles. The van der Waals surface area contributed by atoms with Gasteiger partial charge in [-0.25, -0.2) is 0 Å². The van der Waals surface area contributed by atoms with Crippen LogP contribution in [0.1, 0.15) is 72.1 Å². The highest BCUT2D eigenvalue weighted by Crippen LogP contribution is 2.67. The topological polar surface area (TPSA) is 29.5 Å². The maximum absolute atomic E-state index is 12.3. The Kier molecular flexibility index (Phi) is 4.69. The van der Waals surface area contributed by atoms with E-state index < -0.39 is 0 Å². The third-order valence-corrected chi connectivity index (χ3v) is 9.75. The lowest BCUT2D eigenvalue weighted by molar-refractivity contribution is -0.159. The fourth-order valence-electron chi connectivity index (χ4n) is 8.50. The number of hydrogen-bond donors (Lipinski definition) is 0. The van der Waals surface area contributed by atoms with Gasteiger partial charge in [0.15, 0.2) is 0 Å². The molecule has 8 atom stereocenters. The SMILES string of the molecule is COCC(C)[C@H]1CC[C@H]2[C@@H]3CC[C@H]4N(C)C(=O)CC[C@]4(C)[C@H]3CC[C@]12C. The number of methoxy groups -OCH3 is 1. The standard InChI is InChI=1S/C23H39NO2/c1-15(14-26-5)17-7-8-18-16-6-9-20-23(3,13-11-21(25)24(20)4)19(16)10-12-22(17,18)2/h15-20H,6-14H2,1-5H3/t15?,16-,17+,18-,19-,20+,22+,23+/m0/s1. The minimum absolute atomic E-state index is 0.350. The maximum Gasteiger partial charge on any atom is 0.222 e. The van der Waals surface area contributed by atoms with Gasteiger partial charge in [0.2, 0.25) is 5.91 Å². The van der Waals surface area contributed by atoms with Crippen molar-refractivity contribution in [3.05, 3.63) is 0 Å². The molecule has 0 N–H and O–H groups in total. The van der Waals surface area contributed by atoms with Crippen molar-refractivity contribution in [1.82, 2.24) is 4.90 Å². The molecule has 1 aliphatic heterocycles. The van der Waals surface area contributed by atoms with Gasteiger partial charge in [-0.1, -0.05) is 20.8 Å². The number of piperidine rings is 1. The first kappa shape index (κ1) is 18.8. The molecular formula is C23H39NO2. The zero-order valence-corrected chi connectivity index (χ0v) is 17.6. The Morgan fingerprint density at radius 1 is 1.08 bits per heavy atom. The Bertz CT molecular complexity index is 562. The first-order valence-electron chi connectivity index (χ1n) is 11.1. The summed E-state index contributed by atoms with van der Waals surface area (Å²) in [4.78, 5) is 14.4. The molecule has 0 spiro atoms. The van der Waals surface area contributed by atoms with E-state index >= 15 is 0 Å². The van der Waals surface area contributed by atoms with E-state index in [2.05, 4.69) is 32.7 Å². The van der Waals surface area contributed by atoms with Crippen molar-refractivity contribution in [3.8, 4) is 0 Å². The van der Waals surface area contributed by atoms with Crippen LogP contribution in [0.15, 0.2) is 0 Å². The number of carbonyl (C=O) groups excluding carboxylic acids is 1. The first-order chi connectivity index (χ1) is 12.3. The molecule has 4 rings (SSSR count). The average molecular weight is 362 g/mol. The van der Waals surface area contributed by atoms with Crippen LogP contribution < -0.4 is 0 Å². The molecular weight excluding hydrogens is 322 g/mol. The number of nitrogens with zero attached hydrogens (tertiary/aromatic N) is 1. The third kappa shape index (κ3) is 2.52. The monoisotopic (exact) mass is 361 g/mol. The number of amides is 1. The van der Waals surface area contributed by atoms with Crippen molar-refractivity contribution < 1.29 is 9.53 Å². The van der Waals surface area contributed by atoms with Crippen LogP contribution in [0.4, 0.5) is 0 Å². The van der Waals surface area contributed by atoms with E-state index in [0.29, 0.717) is 28.7 Å². The number of rotatable bonds is 3. The van der Waals surface area contributed by atoms with E-state index in [0.717, 1.165) is 43.1 Å². The summed E-state index contributed by atoms with van der Waals surface area (Å²) in [5.41, 5.74) is 0.863. The predicted octanol–water partition coefficient (Wildman–Crippen LogP) is 4.75. The smallest absolute Gasteiger partial charge is 0.222 e. The molecule has 148 valence electrons. The van der Waals surface area contributed by atoms with Gasteiger partial charge in [0.05, 0.1) is 0 Å². The quantitative estimate of drug-likeness (QED) is 0.726. The molecule has 4 aliphatic rings. The van der Waals surface area contributed by atoms with Crippen molar-refractivity contribution >= 4 is 5.91 Å². The van der Waals surface area contributed by atoms with Gasteiger partial charge >= 0.3 is 0 Å². The van der Waals surface area contributed by atoms with Gasteiger partial charge in [-0.05, 0) is 85.4 Å². The number of fused-ring (bicyclic) bond motifs is 5. The van der Waals surface area contributed by atoms with Gasteiger partial charge in [0.1, 0.15) is 0 Å². The molecule has 0 bridgehead atoms. The summed E-state index contributed by atoms with van der Waals surface area (Å²) in [6, 6.07) is 0.485. The van der Waals surface area contributed by atoms with Crippen LogP contribution in [-0.4, -0.2) is 37.6 Å². The van der Waals surface area contributed by atoms with E-state index in [1.807, 2.05) is 7.11 Å². The van der Waals surface area contributed by atoms with Crippen LogP contribution in [0.2, 0.25) is 0 Å². The second kappa shape index (κ2) is 6.50. The van der Waals surface area contributed by atoms with Crippen molar-refractivity contribution in [3.63, 3.8) is 0 Å². The summed E-state index contributed by atoms with van der Waals surface area (Å²) in [5.74, 6) is 4.49. The van der Waals surface area contributed by atoms with Crippen LogP contribution in [-0.2, 0) is 9.53 Å². The van der Waals surface area contributed by atoms with Crippen molar-refractivity contribution in [2.24, 2.45) is 40.4 Å². The molecule has 1 heterocycles. The second-order valence-corrected chi connectivity index (χ2v) is 10.6. The van der Waals surface area contributed by atoms with E-state index in [9.17, 15) is 4.79 Å². The van der Waals surface area contributed by atoms with Crippen molar-refractivity contribution in [2.45, 2.75) is 78.2 Å². The molecule has 26 heavy (non-hydrogen) atoms. The van der Waals surface area contributed by atoms with Crippen molar-refractivity contribution in [2.75, 3.05) is 20.8 Å². The molecule has 0 radical (unpaired) electrons. The van der Waals surface area contributed by atoms with Crippen LogP contribution >= 0.6 is 0 Å². The largest absolute Gasteiger partial charge is 0.384 e. The van der Waals surface area contributed by atoms with Crippen LogP contribution in [0, 0.1) is 40.4 Å². The third-order valence-electron chi connectivity index (χ3n) is 9.75. The van der Waals surface area contributed by atoms with E-state index in [-0.39, 0.29) is 0 Å². The minimum atomic E-state index is 0.350. The highest BCUT2D eigenvalue weighted by molar-refractivity contribution is 5.77. The highest BCUT2D eigenvalue weighted by atomic mass is 16.5. The lowest BCUT2D eigenvalue weighted by Crippen LogP contribution is -2.61. The second-order valence-electron chi connectivity index (χ2n) is 10.6. The van der Waals surface area contributed by atoms with E-state index in [4.69, 9.17) is 4.74 Å². The molecule has 3 saturated carbocycles. The van der Waals surface area contributed by atoms with Gasteiger partial charge in [-0.15, -0.1) is 0 Å². The lowest BCUT2D eigenvalue weighted by atomic mass is 9.46. The number of hydrogen-bond acceptors (Lipinski definition) is 2. The Balaban J connectivity index is 1.58. The summed E-state index contributed by atoms with van der Waals surface area (Å²) in [6.07, 6.45) is 10.0. The van der Waals surface area contributed by atoms with Gasteiger partial charge < -0.3 is 9.64 Å². The first-order valence-corrected chi connectivity index (χ1v) is 11.1. The molecule has 1 saturated heterocycles. The molecule has 0 aromatic rings. The number of likely N-dealkylation sites (tertiary alicyclic amines) is 1. The van der Waals surface area contributed by atoms with E-state index in [1.54, 1.807) is 0 Å². The number of ether oxygens (including phenoxy) is 1. The fourth-order valence-corrected chi connectivity index (χ4v) is 8.50. The van der Waals surface area contributed by atoms with Gasteiger partial charge in [0.25, 0.3) is 0 Å².